The Kier molecular flexibility index (Phi) is 6.44. The molecule has 0 saturated heterocycles. The molecule has 0 amide bonds. The van der Waals surface area contributed by atoms with E-state index in [1.807, 2.05) is 0 Å². The molecule has 0 bridgehead atoms. The van der Waals surface area contributed by atoms with Crippen molar-refractivity contribution in [3.63, 3.8) is 0 Å². The minimum absolute atomic E-state index is 0.119. The fourth-order valence-electron chi connectivity index (χ4n) is 3.97. The number of aliphatic hydroxyl groups is 1. The number of hydrogen-bond donors (Lipinski definition) is 1. The monoisotopic (exact) mass is 378 g/mol. The fourth-order valence-corrected chi connectivity index (χ4v) is 3.97. The molecular weight excluding hydrogens is 349 g/mol. The van der Waals surface area contributed by atoms with Gasteiger partial charge in [0.15, 0.2) is 5.60 Å². The van der Waals surface area contributed by atoms with Crippen molar-refractivity contribution >= 4 is 5.97 Å². The normalized spacial score (nSPS) is 28.4. The summed E-state index contributed by atoms with van der Waals surface area (Å²) in [6.45, 7) is 5.17. The number of carbonyl (C=O) groups excluding carboxylic acids is 1. The summed E-state index contributed by atoms with van der Waals surface area (Å²) in [4.78, 5) is 11.6. The molecule has 0 radical (unpaired) electrons. The van der Waals surface area contributed by atoms with E-state index in [2.05, 4.69) is 6.58 Å². The molecule has 26 heavy (non-hydrogen) atoms. The number of rotatable bonds is 6. The molecule has 4 nitrogen and oxygen atoms in total. The van der Waals surface area contributed by atoms with E-state index in [0.29, 0.717) is 31.3 Å². The van der Waals surface area contributed by atoms with E-state index < -0.39 is 30.0 Å². The van der Waals surface area contributed by atoms with Crippen molar-refractivity contribution in [2.24, 2.45) is 5.92 Å². The molecule has 0 aromatic heterocycles. The van der Waals surface area contributed by atoms with Crippen LogP contribution in [0.2, 0.25) is 0 Å². The van der Waals surface area contributed by atoms with E-state index in [4.69, 9.17) is 9.47 Å². The largest absolute Gasteiger partial charge is 0.459 e. The third kappa shape index (κ3) is 4.80. The Bertz CT molecular complexity index is 513. The van der Waals surface area contributed by atoms with Gasteiger partial charge in [-0.1, -0.05) is 19.4 Å². The Morgan fingerprint density at radius 3 is 2.19 bits per heavy atom. The molecule has 1 atom stereocenters. The Labute approximate surface area is 152 Å². The highest BCUT2D eigenvalue weighted by atomic mass is 19.4. The predicted molar refractivity (Wildman–Crippen MR) is 90.5 cm³/mol. The van der Waals surface area contributed by atoms with Crippen molar-refractivity contribution in [2.45, 2.75) is 88.7 Å². The van der Waals surface area contributed by atoms with Gasteiger partial charge in [-0.05, 0) is 58.3 Å². The van der Waals surface area contributed by atoms with Gasteiger partial charge in [-0.25, -0.2) is 4.79 Å². The lowest BCUT2D eigenvalue weighted by Crippen LogP contribution is -2.50. The molecule has 2 aliphatic carbocycles. The number of esters is 1. The Balaban J connectivity index is 1.96. The van der Waals surface area contributed by atoms with Crippen molar-refractivity contribution in [1.29, 1.82) is 0 Å². The zero-order chi connectivity index (χ0) is 19.6. The Hall–Kier alpha value is -1.08. The van der Waals surface area contributed by atoms with Crippen molar-refractivity contribution in [2.75, 3.05) is 6.61 Å². The van der Waals surface area contributed by atoms with Crippen LogP contribution in [0.5, 0.6) is 0 Å². The zero-order valence-corrected chi connectivity index (χ0v) is 15.5. The van der Waals surface area contributed by atoms with Crippen molar-refractivity contribution in [3.8, 4) is 0 Å². The average molecular weight is 378 g/mol. The minimum Gasteiger partial charge on any atom is -0.459 e. The van der Waals surface area contributed by atoms with Crippen LogP contribution >= 0.6 is 0 Å². The molecular formula is C19H29F3O4. The van der Waals surface area contributed by atoms with Crippen LogP contribution in [-0.4, -0.2) is 41.2 Å². The van der Waals surface area contributed by atoms with Crippen LogP contribution in [-0.2, 0) is 14.3 Å². The van der Waals surface area contributed by atoms with Crippen LogP contribution < -0.4 is 0 Å². The molecule has 0 heterocycles. The van der Waals surface area contributed by atoms with Crippen LogP contribution in [0.25, 0.3) is 0 Å². The molecule has 0 aromatic rings. The maximum atomic E-state index is 12.9. The molecule has 0 aliphatic heterocycles. The number of hydrogen-bond acceptors (Lipinski definition) is 4. The summed E-state index contributed by atoms with van der Waals surface area (Å²) in [6, 6.07) is 0. The summed E-state index contributed by atoms with van der Waals surface area (Å²) in [5.41, 5.74) is -3.10. The summed E-state index contributed by atoms with van der Waals surface area (Å²) >= 11 is 0. The summed E-state index contributed by atoms with van der Waals surface area (Å²) < 4.78 is 50.0. The highest BCUT2D eigenvalue weighted by molar-refractivity contribution is 5.87. The molecule has 150 valence electrons. The first-order chi connectivity index (χ1) is 12.0. The maximum Gasteiger partial charge on any atom is 0.419 e. The van der Waals surface area contributed by atoms with Gasteiger partial charge in [0, 0.05) is 5.57 Å². The van der Waals surface area contributed by atoms with Crippen LogP contribution in [0.1, 0.15) is 65.2 Å². The third-order valence-corrected chi connectivity index (χ3v) is 5.74. The van der Waals surface area contributed by atoms with E-state index in [9.17, 15) is 23.1 Å². The lowest BCUT2D eigenvalue weighted by molar-refractivity contribution is -0.280. The quantitative estimate of drug-likeness (QED) is 0.553. The van der Waals surface area contributed by atoms with E-state index in [1.54, 1.807) is 6.92 Å². The standard InChI is InChI=1S/C19H29F3O4/c1-13(2)16(23)26-15-8-6-14(7-9-15)18(10-4-5-11-18)25-12-17(3,24)19(20,21)22/h14-15,24H,1,4-12H2,2-3H3. The number of halogens is 3. The molecule has 0 spiro atoms. The lowest BCUT2D eigenvalue weighted by Gasteiger charge is -2.43. The summed E-state index contributed by atoms with van der Waals surface area (Å²) in [7, 11) is 0. The van der Waals surface area contributed by atoms with Crippen LogP contribution in [0.4, 0.5) is 13.2 Å². The number of ether oxygens (including phenoxy) is 2. The Morgan fingerprint density at radius 1 is 1.19 bits per heavy atom. The number of alkyl halides is 3. The summed E-state index contributed by atoms with van der Waals surface area (Å²) in [6.07, 6.45) is 1.18. The fraction of sp³-hybridized carbons (Fsp3) is 0.842. The van der Waals surface area contributed by atoms with Gasteiger partial charge in [-0.15, -0.1) is 0 Å². The first kappa shape index (κ1) is 21.2. The van der Waals surface area contributed by atoms with E-state index in [-0.39, 0.29) is 12.0 Å². The van der Waals surface area contributed by atoms with E-state index >= 15 is 0 Å². The average Bonchev–Trinajstić information content (AvgIpc) is 3.03. The second-order valence-corrected chi connectivity index (χ2v) is 7.99. The molecule has 2 rings (SSSR count). The minimum atomic E-state index is -4.72. The van der Waals surface area contributed by atoms with Crippen molar-refractivity contribution in [3.05, 3.63) is 12.2 Å². The predicted octanol–water partition coefficient (Wildman–Crippen LogP) is 4.31. The van der Waals surface area contributed by atoms with E-state index in [1.165, 1.54) is 0 Å². The smallest absolute Gasteiger partial charge is 0.419 e. The van der Waals surface area contributed by atoms with Gasteiger partial charge in [-0.3, -0.25) is 0 Å². The molecule has 2 fully saturated rings. The van der Waals surface area contributed by atoms with Crippen molar-refractivity contribution in [1.82, 2.24) is 0 Å². The summed E-state index contributed by atoms with van der Waals surface area (Å²) in [5.74, 6) is -0.282. The van der Waals surface area contributed by atoms with Gasteiger partial charge >= 0.3 is 12.1 Å². The van der Waals surface area contributed by atoms with Crippen LogP contribution in [0.15, 0.2) is 12.2 Å². The third-order valence-electron chi connectivity index (χ3n) is 5.74. The van der Waals surface area contributed by atoms with Gasteiger partial charge in [0.1, 0.15) is 6.10 Å². The highest BCUT2D eigenvalue weighted by Crippen LogP contribution is 2.47. The van der Waals surface area contributed by atoms with Gasteiger partial charge in [-0.2, -0.15) is 13.2 Å². The second-order valence-electron chi connectivity index (χ2n) is 7.99. The van der Waals surface area contributed by atoms with Crippen molar-refractivity contribution < 1.29 is 32.5 Å². The Morgan fingerprint density at radius 2 is 1.73 bits per heavy atom. The molecule has 2 aliphatic rings. The van der Waals surface area contributed by atoms with E-state index in [0.717, 1.165) is 32.6 Å². The van der Waals surface area contributed by atoms with Gasteiger partial charge in [0.2, 0.25) is 0 Å². The van der Waals surface area contributed by atoms with Gasteiger partial charge in [0.25, 0.3) is 0 Å². The maximum absolute atomic E-state index is 12.9. The number of carbonyl (C=O) groups is 1. The van der Waals surface area contributed by atoms with Gasteiger partial charge < -0.3 is 14.6 Å². The van der Waals surface area contributed by atoms with Crippen LogP contribution in [0.3, 0.4) is 0 Å². The molecule has 7 heteroatoms. The first-order valence-corrected chi connectivity index (χ1v) is 9.26. The lowest BCUT2D eigenvalue weighted by atomic mass is 9.75. The van der Waals surface area contributed by atoms with Gasteiger partial charge in [0.05, 0.1) is 12.2 Å². The highest BCUT2D eigenvalue weighted by Gasteiger charge is 2.53. The second kappa shape index (κ2) is 7.89. The van der Waals surface area contributed by atoms with Crippen LogP contribution in [0, 0.1) is 5.92 Å². The first-order valence-electron chi connectivity index (χ1n) is 9.26. The molecule has 2 saturated carbocycles. The molecule has 1 unspecified atom stereocenters. The molecule has 1 N–H and O–H groups in total. The zero-order valence-electron chi connectivity index (χ0n) is 15.5. The SMILES string of the molecule is C=C(C)C(=O)OC1CCC(C2(OCC(C)(O)C(F)(F)F)CCCC2)CC1. The molecule has 0 aromatic carbocycles. The summed E-state index contributed by atoms with van der Waals surface area (Å²) in [5, 5.41) is 9.70. The topological polar surface area (TPSA) is 55.8 Å².